The lowest BCUT2D eigenvalue weighted by molar-refractivity contribution is 0.0726. The maximum atomic E-state index is 13.1. The summed E-state index contributed by atoms with van der Waals surface area (Å²) in [6.07, 6.45) is 4.17. The van der Waals surface area contributed by atoms with Crippen molar-refractivity contribution in [2.24, 2.45) is 0 Å². The van der Waals surface area contributed by atoms with Crippen molar-refractivity contribution in [1.29, 1.82) is 0 Å². The first-order chi connectivity index (χ1) is 10.0. The van der Waals surface area contributed by atoms with E-state index in [-0.39, 0.29) is 17.0 Å². The van der Waals surface area contributed by atoms with Crippen molar-refractivity contribution in [3.8, 4) is 0 Å². The molecule has 5 heteroatoms. The minimum atomic E-state index is -0.460. The number of pyridine rings is 1. The van der Waals surface area contributed by atoms with E-state index >= 15 is 0 Å². The lowest BCUT2D eigenvalue weighted by atomic mass is 10.0. The zero-order valence-corrected chi connectivity index (χ0v) is 12.6. The number of carbonyl (C=O) groups excluding carboxylic acids is 1. The van der Waals surface area contributed by atoms with Gasteiger partial charge in [0.15, 0.2) is 0 Å². The monoisotopic (exact) mass is 306 g/mol. The van der Waals surface area contributed by atoms with Crippen LogP contribution in [0.2, 0.25) is 5.02 Å². The Morgan fingerprint density at radius 2 is 2.19 bits per heavy atom. The summed E-state index contributed by atoms with van der Waals surface area (Å²) in [6, 6.07) is 7.45. The van der Waals surface area contributed by atoms with Crippen molar-refractivity contribution in [3.63, 3.8) is 0 Å². The predicted molar refractivity (Wildman–Crippen MR) is 80.8 cm³/mol. The number of carbonyl (C=O) groups is 1. The van der Waals surface area contributed by atoms with Gasteiger partial charge in [0.2, 0.25) is 0 Å². The Kier molecular flexibility index (Phi) is 4.91. The van der Waals surface area contributed by atoms with Crippen molar-refractivity contribution in [1.82, 2.24) is 9.88 Å². The SMILES string of the molecule is CC[C@H](c1cccnc1)N(C)C(=O)c1ccc(F)cc1Cl. The van der Waals surface area contributed by atoms with Gasteiger partial charge >= 0.3 is 0 Å². The predicted octanol–water partition coefficient (Wildman–Crippen LogP) is 4.10. The summed E-state index contributed by atoms with van der Waals surface area (Å²) in [6.45, 7) is 1.99. The van der Waals surface area contributed by atoms with Crippen LogP contribution in [0.5, 0.6) is 0 Å². The first-order valence-electron chi connectivity index (χ1n) is 6.66. The van der Waals surface area contributed by atoms with Gasteiger partial charge in [0.1, 0.15) is 5.82 Å². The van der Waals surface area contributed by atoms with E-state index in [1.807, 2.05) is 19.1 Å². The van der Waals surface area contributed by atoms with Crippen molar-refractivity contribution < 1.29 is 9.18 Å². The van der Waals surface area contributed by atoms with Crippen LogP contribution in [-0.4, -0.2) is 22.8 Å². The molecule has 1 amide bonds. The number of hydrogen-bond acceptors (Lipinski definition) is 2. The first-order valence-corrected chi connectivity index (χ1v) is 7.04. The van der Waals surface area contributed by atoms with Crippen molar-refractivity contribution in [2.75, 3.05) is 7.05 Å². The van der Waals surface area contributed by atoms with Gasteiger partial charge in [-0.15, -0.1) is 0 Å². The van der Waals surface area contributed by atoms with Crippen molar-refractivity contribution in [2.45, 2.75) is 19.4 Å². The standard InChI is InChI=1S/C16H16ClFN2O/c1-3-15(11-5-4-8-19-10-11)20(2)16(21)13-7-6-12(18)9-14(13)17/h4-10,15H,3H2,1-2H3/t15-/m1/s1. The van der Waals surface area contributed by atoms with Crippen LogP contribution in [0.15, 0.2) is 42.7 Å². The smallest absolute Gasteiger partial charge is 0.255 e. The fourth-order valence-corrected chi connectivity index (χ4v) is 2.55. The molecule has 0 fully saturated rings. The molecule has 0 N–H and O–H groups in total. The van der Waals surface area contributed by atoms with E-state index in [1.165, 1.54) is 12.1 Å². The van der Waals surface area contributed by atoms with Gasteiger partial charge in [-0.25, -0.2) is 4.39 Å². The quantitative estimate of drug-likeness (QED) is 0.852. The van der Waals surface area contributed by atoms with E-state index in [1.54, 1.807) is 24.3 Å². The van der Waals surface area contributed by atoms with E-state index in [0.717, 1.165) is 18.1 Å². The highest BCUT2D eigenvalue weighted by molar-refractivity contribution is 6.33. The summed E-state index contributed by atoms with van der Waals surface area (Å²) in [5, 5.41) is 0.118. The third-order valence-corrected chi connectivity index (χ3v) is 3.72. The van der Waals surface area contributed by atoms with Crippen molar-refractivity contribution >= 4 is 17.5 Å². The van der Waals surface area contributed by atoms with Gasteiger partial charge in [-0.3, -0.25) is 9.78 Å². The molecule has 0 saturated heterocycles. The molecule has 3 nitrogen and oxygen atoms in total. The summed E-state index contributed by atoms with van der Waals surface area (Å²) < 4.78 is 13.1. The topological polar surface area (TPSA) is 33.2 Å². The van der Waals surface area contributed by atoms with Gasteiger partial charge in [0.25, 0.3) is 5.91 Å². The molecule has 1 atom stereocenters. The summed E-state index contributed by atoms with van der Waals surface area (Å²) in [7, 11) is 1.71. The van der Waals surface area contributed by atoms with Crippen LogP contribution < -0.4 is 0 Å². The summed E-state index contributed by atoms with van der Waals surface area (Å²) in [5.41, 5.74) is 1.25. The average Bonchev–Trinajstić information content (AvgIpc) is 2.48. The number of halogens is 2. The minimum Gasteiger partial charge on any atom is -0.335 e. The van der Waals surface area contributed by atoms with Gasteiger partial charge in [-0.05, 0) is 36.2 Å². The van der Waals surface area contributed by atoms with Crippen LogP contribution >= 0.6 is 11.6 Å². The highest BCUT2D eigenvalue weighted by Crippen LogP contribution is 2.26. The second-order valence-electron chi connectivity index (χ2n) is 4.75. The molecule has 21 heavy (non-hydrogen) atoms. The highest BCUT2D eigenvalue weighted by atomic mass is 35.5. The van der Waals surface area contributed by atoms with Gasteiger partial charge < -0.3 is 4.90 Å². The van der Waals surface area contributed by atoms with Crippen molar-refractivity contribution in [3.05, 3.63) is 64.7 Å². The van der Waals surface area contributed by atoms with Gasteiger partial charge in [0.05, 0.1) is 16.6 Å². The van der Waals surface area contributed by atoms with E-state index in [2.05, 4.69) is 4.98 Å². The molecular weight excluding hydrogens is 291 g/mol. The molecule has 1 heterocycles. The molecular formula is C16H16ClFN2O. The normalized spacial score (nSPS) is 12.0. The van der Waals surface area contributed by atoms with Gasteiger partial charge in [-0.2, -0.15) is 0 Å². The molecule has 0 radical (unpaired) electrons. The number of amides is 1. The number of benzene rings is 1. The minimum absolute atomic E-state index is 0.104. The van der Waals surface area contributed by atoms with Crippen LogP contribution in [0.25, 0.3) is 0 Å². The van der Waals surface area contributed by atoms with E-state index in [9.17, 15) is 9.18 Å². The van der Waals surface area contributed by atoms with E-state index in [4.69, 9.17) is 11.6 Å². The van der Waals surface area contributed by atoms with Crippen LogP contribution in [0, 0.1) is 5.82 Å². The largest absolute Gasteiger partial charge is 0.335 e. The number of hydrogen-bond donors (Lipinski definition) is 0. The lowest BCUT2D eigenvalue weighted by Gasteiger charge is -2.27. The Morgan fingerprint density at radius 1 is 1.43 bits per heavy atom. The Bertz CT molecular complexity index is 633. The summed E-state index contributed by atoms with van der Waals surface area (Å²) in [4.78, 5) is 18.2. The molecule has 0 aliphatic rings. The lowest BCUT2D eigenvalue weighted by Crippen LogP contribution is -2.31. The molecule has 0 saturated carbocycles. The molecule has 2 aromatic rings. The van der Waals surface area contributed by atoms with E-state index in [0.29, 0.717) is 5.56 Å². The Labute approximate surface area is 128 Å². The molecule has 0 spiro atoms. The first kappa shape index (κ1) is 15.4. The van der Waals surface area contributed by atoms with Gasteiger partial charge in [-0.1, -0.05) is 24.6 Å². The molecule has 1 aromatic heterocycles. The maximum absolute atomic E-state index is 13.1. The Morgan fingerprint density at radius 3 is 2.76 bits per heavy atom. The second kappa shape index (κ2) is 6.68. The molecule has 1 aromatic carbocycles. The molecule has 110 valence electrons. The zero-order chi connectivity index (χ0) is 15.4. The van der Waals surface area contributed by atoms with Crippen LogP contribution in [0.3, 0.4) is 0 Å². The molecule has 0 bridgehead atoms. The molecule has 0 aliphatic carbocycles. The molecule has 0 aliphatic heterocycles. The Hall–Kier alpha value is -1.94. The Balaban J connectivity index is 2.29. The fourth-order valence-electron chi connectivity index (χ4n) is 2.30. The third kappa shape index (κ3) is 3.39. The summed E-state index contributed by atoms with van der Waals surface area (Å²) >= 11 is 5.96. The van der Waals surface area contributed by atoms with Crippen LogP contribution in [0.1, 0.15) is 35.3 Å². The second-order valence-corrected chi connectivity index (χ2v) is 5.16. The van der Waals surface area contributed by atoms with E-state index < -0.39 is 5.82 Å². The number of nitrogens with zero attached hydrogens (tertiary/aromatic N) is 2. The van der Waals surface area contributed by atoms with Gasteiger partial charge in [0, 0.05) is 19.4 Å². The maximum Gasteiger partial charge on any atom is 0.255 e. The average molecular weight is 307 g/mol. The van der Waals surface area contributed by atoms with Crippen LogP contribution in [0.4, 0.5) is 4.39 Å². The fraction of sp³-hybridized carbons (Fsp3) is 0.250. The molecule has 2 rings (SSSR count). The number of rotatable bonds is 4. The molecule has 0 unspecified atom stereocenters. The zero-order valence-electron chi connectivity index (χ0n) is 11.9. The summed E-state index contributed by atoms with van der Waals surface area (Å²) in [5.74, 6) is -0.700. The van der Waals surface area contributed by atoms with Crippen LogP contribution in [-0.2, 0) is 0 Å². The number of aromatic nitrogens is 1. The highest BCUT2D eigenvalue weighted by Gasteiger charge is 2.23. The third-order valence-electron chi connectivity index (χ3n) is 3.41.